The Kier molecular flexibility index (Phi) is 6.27. The van der Waals surface area contributed by atoms with Gasteiger partial charge in [0.15, 0.2) is 5.78 Å². The number of carbonyl (C=O) groups excluding carboxylic acids is 3. The van der Waals surface area contributed by atoms with Crippen molar-refractivity contribution in [2.75, 3.05) is 0 Å². The second-order valence-corrected chi connectivity index (χ2v) is 8.00. The second kappa shape index (κ2) is 7.94. The molecule has 0 aromatic carbocycles. The van der Waals surface area contributed by atoms with E-state index in [4.69, 9.17) is 9.47 Å². The van der Waals surface area contributed by atoms with Crippen molar-refractivity contribution in [1.29, 1.82) is 0 Å². The molecule has 0 aromatic rings. The van der Waals surface area contributed by atoms with Crippen LogP contribution in [0.2, 0.25) is 0 Å². The summed E-state index contributed by atoms with van der Waals surface area (Å²) in [5.41, 5.74) is -1.31. The number of hydrogen-bond acceptors (Lipinski definition) is 7. The van der Waals surface area contributed by atoms with E-state index >= 15 is 0 Å². The van der Waals surface area contributed by atoms with Gasteiger partial charge in [-0.15, -0.1) is 0 Å². The van der Waals surface area contributed by atoms with E-state index in [1.807, 2.05) is 13.8 Å². The fraction of sp³-hybridized carbons (Fsp3) is 0.650. The summed E-state index contributed by atoms with van der Waals surface area (Å²) in [6.45, 7) is 10.4. The number of aliphatic hydroxyl groups is 2. The van der Waals surface area contributed by atoms with E-state index in [0.29, 0.717) is 6.42 Å². The molecule has 150 valence electrons. The van der Waals surface area contributed by atoms with Gasteiger partial charge >= 0.3 is 11.9 Å². The third-order valence-electron chi connectivity index (χ3n) is 5.10. The van der Waals surface area contributed by atoms with Crippen LogP contribution < -0.4 is 0 Å². The van der Waals surface area contributed by atoms with Crippen LogP contribution >= 0.6 is 0 Å². The fourth-order valence-corrected chi connectivity index (χ4v) is 3.41. The lowest BCUT2D eigenvalue weighted by molar-refractivity contribution is -0.182. The van der Waals surface area contributed by atoms with Gasteiger partial charge in [-0.3, -0.25) is 9.59 Å². The maximum Gasteiger partial charge on any atom is 0.334 e. The summed E-state index contributed by atoms with van der Waals surface area (Å²) >= 11 is 0. The topological polar surface area (TPSA) is 110 Å². The number of allylic oxidation sites excluding steroid dienone is 1. The van der Waals surface area contributed by atoms with Crippen molar-refractivity contribution in [3.8, 4) is 0 Å². The normalized spacial score (nSPS) is 34.8. The average molecular weight is 380 g/mol. The van der Waals surface area contributed by atoms with Crippen LogP contribution in [0.1, 0.15) is 47.0 Å². The van der Waals surface area contributed by atoms with Gasteiger partial charge in [0.1, 0.15) is 23.9 Å². The number of rotatable bonds is 3. The van der Waals surface area contributed by atoms with Crippen LogP contribution in [-0.4, -0.2) is 51.8 Å². The number of esters is 2. The maximum atomic E-state index is 12.5. The van der Waals surface area contributed by atoms with E-state index in [9.17, 15) is 24.6 Å². The summed E-state index contributed by atoms with van der Waals surface area (Å²) < 4.78 is 10.8. The van der Waals surface area contributed by atoms with Crippen molar-refractivity contribution < 1.29 is 34.1 Å². The second-order valence-electron chi connectivity index (χ2n) is 8.00. The van der Waals surface area contributed by atoms with Crippen LogP contribution in [0.5, 0.6) is 0 Å². The summed E-state index contributed by atoms with van der Waals surface area (Å²) in [6.07, 6.45) is -1.73. The Hall–Kier alpha value is -1.99. The van der Waals surface area contributed by atoms with E-state index in [-0.39, 0.29) is 24.3 Å². The van der Waals surface area contributed by atoms with E-state index in [1.165, 1.54) is 6.92 Å². The molecule has 0 bridgehead atoms. The lowest BCUT2D eigenvalue weighted by Crippen LogP contribution is -2.57. The molecule has 2 rings (SSSR count). The van der Waals surface area contributed by atoms with Crippen LogP contribution in [0, 0.1) is 11.8 Å². The Morgan fingerprint density at radius 3 is 2.63 bits per heavy atom. The Labute approximate surface area is 159 Å². The molecule has 0 radical (unpaired) electrons. The molecule has 27 heavy (non-hydrogen) atoms. The highest BCUT2D eigenvalue weighted by Gasteiger charge is 2.53. The number of Topliss-reactive ketones (excluding diaryl/α,β-unsaturated/α-hetero) is 1. The van der Waals surface area contributed by atoms with Crippen molar-refractivity contribution in [3.63, 3.8) is 0 Å². The molecule has 1 saturated heterocycles. The molecule has 0 spiro atoms. The monoisotopic (exact) mass is 380 g/mol. The molecule has 2 N–H and O–H groups in total. The van der Waals surface area contributed by atoms with Gasteiger partial charge in [0, 0.05) is 18.4 Å². The molecule has 0 aromatic heterocycles. The van der Waals surface area contributed by atoms with Gasteiger partial charge < -0.3 is 19.7 Å². The zero-order valence-corrected chi connectivity index (χ0v) is 16.2. The number of ketones is 1. The Bertz CT molecular complexity index is 674. The molecule has 0 amide bonds. The van der Waals surface area contributed by atoms with Gasteiger partial charge in [-0.2, -0.15) is 0 Å². The molecular weight excluding hydrogens is 352 g/mol. The molecule has 7 heteroatoms. The third-order valence-corrected chi connectivity index (χ3v) is 5.10. The van der Waals surface area contributed by atoms with Gasteiger partial charge in [-0.25, -0.2) is 4.79 Å². The summed E-state index contributed by atoms with van der Waals surface area (Å²) in [4.78, 5) is 36.8. The van der Waals surface area contributed by atoms with Crippen LogP contribution in [-0.2, 0) is 23.9 Å². The minimum absolute atomic E-state index is 0.00529. The smallest absolute Gasteiger partial charge is 0.334 e. The average Bonchev–Trinajstić information content (AvgIpc) is 2.82. The van der Waals surface area contributed by atoms with Crippen molar-refractivity contribution in [2.24, 2.45) is 11.8 Å². The Balaban J connectivity index is 2.50. The summed E-state index contributed by atoms with van der Waals surface area (Å²) in [5.74, 6) is -2.70. The van der Waals surface area contributed by atoms with Crippen LogP contribution in [0.4, 0.5) is 0 Å². The molecular formula is C20H28O7. The summed E-state index contributed by atoms with van der Waals surface area (Å²) in [7, 11) is 0. The van der Waals surface area contributed by atoms with Crippen molar-refractivity contribution in [2.45, 2.75) is 70.9 Å². The maximum absolute atomic E-state index is 12.5. The van der Waals surface area contributed by atoms with Crippen LogP contribution in [0.15, 0.2) is 23.8 Å². The Morgan fingerprint density at radius 2 is 2.04 bits per heavy atom. The molecule has 1 aliphatic carbocycles. The highest BCUT2D eigenvalue weighted by Crippen LogP contribution is 2.38. The quantitative estimate of drug-likeness (QED) is 0.433. The van der Waals surface area contributed by atoms with Crippen LogP contribution in [0.25, 0.3) is 0 Å². The fourth-order valence-electron chi connectivity index (χ4n) is 3.41. The zero-order valence-electron chi connectivity index (χ0n) is 16.2. The first-order valence-corrected chi connectivity index (χ1v) is 9.15. The predicted octanol–water partition coefficient (Wildman–Crippen LogP) is 1.46. The third kappa shape index (κ3) is 4.47. The number of fused-ring (bicyclic) bond motifs is 1. The van der Waals surface area contributed by atoms with Gasteiger partial charge in [-0.05, 0) is 32.3 Å². The van der Waals surface area contributed by atoms with E-state index in [2.05, 4.69) is 6.58 Å². The van der Waals surface area contributed by atoms with Crippen molar-refractivity contribution in [1.82, 2.24) is 0 Å². The van der Waals surface area contributed by atoms with E-state index < -0.39 is 47.6 Å². The first-order chi connectivity index (χ1) is 12.4. The predicted molar refractivity (Wildman–Crippen MR) is 96.5 cm³/mol. The summed E-state index contributed by atoms with van der Waals surface area (Å²) in [6, 6.07) is 0. The minimum Gasteiger partial charge on any atom is -0.459 e. The Morgan fingerprint density at radius 1 is 1.41 bits per heavy atom. The molecule has 5 atom stereocenters. The molecule has 5 unspecified atom stereocenters. The van der Waals surface area contributed by atoms with Crippen LogP contribution in [0.3, 0.4) is 0 Å². The molecule has 1 fully saturated rings. The molecule has 2 aliphatic rings. The summed E-state index contributed by atoms with van der Waals surface area (Å²) in [5, 5.41) is 21.5. The first kappa shape index (κ1) is 21.3. The molecule has 1 aliphatic heterocycles. The van der Waals surface area contributed by atoms with Crippen molar-refractivity contribution >= 4 is 17.7 Å². The molecule has 0 saturated carbocycles. The number of hydrogen-bond donors (Lipinski definition) is 2. The highest BCUT2D eigenvalue weighted by molar-refractivity contribution is 5.92. The number of carbonyl (C=O) groups is 3. The standard InChI is InChI=1S/C20H28O7/c1-10(2)8-15(22)27-17-16-12(4)19(24)26-13(16)9-11(3)6-7-14(21)20(5,25)18(17)23/h9-10,13,16-18,23,25H,4,6-8H2,1-3,5H3. The van der Waals surface area contributed by atoms with Gasteiger partial charge in [0.25, 0.3) is 0 Å². The van der Waals surface area contributed by atoms with Crippen molar-refractivity contribution in [3.05, 3.63) is 23.8 Å². The van der Waals surface area contributed by atoms with Gasteiger partial charge in [-0.1, -0.05) is 26.0 Å². The molecule has 1 heterocycles. The zero-order chi connectivity index (χ0) is 20.5. The SMILES string of the molecule is C=C1C(=O)OC2C=C(C)CCC(=O)C(C)(O)C(O)C(OC(=O)CC(C)C)C12. The van der Waals surface area contributed by atoms with Gasteiger partial charge in [0.2, 0.25) is 0 Å². The lowest BCUT2D eigenvalue weighted by atomic mass is 9.78. The van der Waals surface area contributed by atoms with E-state index in [1.54, 1.807) is 13.0 Å². The van der Waals surface area contributed by atoms with Gasteiger partial charge in [0.05, 0.1) is 5.92 Å². The highest BCUT2D eigenvalue weighted by atomic mass is 16.6. The number of aliphatic hydroxyl groups excluding tert-OH is 1. The minimum atomic E-state index is -2.14. The lowest BCUT2D eigenvalue weighted by Gasteiger charge is -2.37. The molecule has 7 nitrogen and oxygen atoms in total. The largest absolute Gasteiger partial charge is 0.459 e. The number of ether oxygens (including phenoxy) is 2. The van der Waals surface area contributed by atoms with E-state index in [0.717, 1.165) is 5.57 Å². The first-order valence-electron chi connectivity index (χ1n) is 9.15.